The van der Waals surface area contributed by atoms with E-state index < -0.39 is 23.4 Å². The molecule has 148 valence electrons. The van der Waals surface area contributed by atoms with Crippen LogP contribution >= 0.6 is 0 Å². The van der Waals surface area contributed by atoms with Gasteiger partial charge >= 0.3 is 0 Å². The highest BCUT2D eigenvalue weighted by Crippen LogP contribution is 2.23. The molecule has 1 saturated heterocycles. The van der Waals surface area contributed by atoms with Crippen molar-refractivity contribution in [3.8, 4) is 0 Å². The van der Waals surface area contributed by atoms with Crippen molar-refractivity contribution in [3.05, 3.63) is 65.0 Å². The topological polar surface area (TPSA) is 52.7 Å². The Balaban J connectivity index is 1.65. The average molecular weight is 391 g/mol. The van der Waals surface area contributed by atoms with Gasteiger partial charge < -0.3 is 15.1 Å². The monoisotopic (exact) mass is 391 g/mol. The Morgan fingerprint density at radius 3 is 2.14 bits per heavy atom. The first-order valence-electron chi connectivity index (χ1n) is 8.97. The molecule has 1 aliphatic heterocycles. The summed E-state index contributed by atoms with van der Waals surface area (Å²) in [4.78, 5) is 27.6. The first-order valence-corrected chi connectivity index (χ1v) is 8.97. The van der Waals surface area contributed by atoms with Crippen LogP contribution in [0, 0.1) is 17.5 Å². The molecular formula is C20H20F3N3O2. The number of anilines is 1. The smallest absolute Gasteiger partial charge is 0.254 e. The van der Waals surface area contributed by atoms with Gasteiger partial charge in [-0.1, -0.05) is 0 Å². The summed E-state index contributed by atoms with van der Waals surface area (Å²) in [6.45, 7) is 3.63. The number of piperazine rings is 1. The molecule has 0 unspecified atom stereocenters. The molecule has 2 aromatic carbocycles. The van der Waals surface area contributed by atoms with Crippen LogP contribution in [0.15, 0.2) is 36.4 Å². The summed E-state index contributed by atoms with van der Waals surface area (Å²) >= 11 is 0. The van der Waals surface area contributed by atoms with Crippen molar-refractivity contribution in [3.63, 3.8) is 0 Å². The summed E-state index contributed by atoms with van der Waals surface area (Å²) in [5, 5.41) is 2.62. The maximum absolute atomic E-state index is 14.5. The molecule has 1 N–H and O–H groups in total. The van der Waals surface area contributed by atoms with Crippen molar-refractivity contribution in [2.45, 2.75) is 6.92 Å². The Morgan fingerprint density at radius 2 is 1.54 bits per heavy atom. The largest absolute Gasteiger partial charge is 0.366 e. The van der Waals surface area contributed by atoms with Gasteiger partial charge in [-0.25, -0.2) is 13.2 Å². The Morgan fingerprint density at radius 1 is 0.893 bits per heavy atom. The number of rotatable bonds is 4. The van der Waals surface area contributed by atoms with Gasteiger partial charge in [-0.15, -0.1) is 0 Å². The number of halogens is 3. The van der Waals surface area contributed by atoms with E-state index in [1.807, 2.05) is 0 Å². The molecule has 1 heterocycles. The van der Waals surface area contributed by atoms with Gasteiger partial charge in [-0.2, -0.15) is 0 Å². The number of carbonyl (C=O) groups excluding carboxylic acids is 2. The molecule has 5 nitrogen and oxygen atoms in total. The lowest BCUT2D eigenvalue weighted by molar-refractivity contribution is 0.0745. The third-order valence-corrected chi connectivity index (χ3v) is 4.62. The third kappa shape index (κ3) is 4.11. The molecule has 28 heavy (non-hydrogen) atoms. The average Bonchev–Trinajstić information content (AvgIpc) is 2.70. The number of hydrogen-bond acceptors (Lipinski definition) is 3. The number of carbonyl (C=O) groups is 2. The molecule has 0 aromatic heterocycles. The van der Waals surface area contributed by atoms with Crippen LogP contribution in [0.4, 0.5) is 18.9 Å². The predicted molar refractivity (Wildman–Crippen MR) is 98.9 cm³/mol. The van der Waals surface area contributed by atoms with E-state index in [2.05, 4.69) is 5.32 Å². The zero-order chi connectivity index (χ0) is 20.3. The zero-order valence-corrected chi connectivity index (χ0v) is 15.3. The van der Waals surface area contributed by atoms with Gasteiger partial charge in [0.15, 0.2) is 11.6 Å². The van der Waals surface area contributed by atoms with E-state index in [9.17, 15) is 22.8 Å². The van der Waals surface area contributed by atoms with Crippen LogP contribution < -0.4 is 10.2 Å². The van der Waals surface area contributed by atoms with Gasteiger partial charge in [0.2, 0.25) is 0 Å². The van der Waals surface area contributed by atoms with Crippen LogP contribution in [0.5, 0.6) is 0 Å². The Kier molecular flexibility index (Phi) is 5.87. The highest BCUT2D eigenvalue weighted by molar-refractivity contribution is 5.95. The maximum Gasteiger partial charge on any atom is 0.254 e. The van der Waals surface area contributed by atoms with Crippen molar-refractivity contribution in [2.24, 2.45) is 0 Å². The number of benzene rings is 2. The summed E-state index contributed by atoms with van der Waals surface area (Å²) < 4.78 is 40.8. The van der Waals surface area contributed by atoms with E-state index in [-0.39, 0.29) is 17.0 Å². The molecule has 1 aliphatic rings. The fourth-order valence-electron chi connectivity index (χ4n) is 3.13. The molecule has 1 fully saturated rings. The van der Waals surface area contributed by atoms with Crippen LogP contribution in [0.3, 0.4) is 0 Å². The van der Waals surface area contributed by atoms with Gasteiger partial charge in [0, 0.05) is 43.9 Å². The molecule has 0 spiro atoms. The number of hydrogen-bond donors (Lipinski definition) is 1. The number of amides is 2. The van der Waals surface area contributed by atoms with E-state index >= 15 is 0 Å². The van der Waals surface area contributed by atoms with E-state index in [1.54, 1.807) is 24.0 Å². The molecule has 2 amide bonds. The second-order valence-corrected chi connectivity index (χ2v) is 6.43. The van der Waals surface area contributed by atoms with E-state index in [4.69, 9.17) is 0 Å². The highest BCUT2D eigenvalue weighted by atomic mass is 19.2. The summed E-state index contributed by atoms with van der Waals surface area (Å²) in [6, 6.07) is 7.34. The molecule has 0 atom stereocenters. The second-order valence-electron chi connectivity index (χ2n) is 6.43. The van der Waals surface area contributed by atoms with Gasteiger partial charge in [0.25, 0.3) is 11.8 Å². The van der Waals surface area contributed by atoms with Crippen molar-refractivity contribution >= 4 is 17.5 Å². The molecular weight excluding hydrogens is 371 g/mol. The summed E-state index contributed by atoms with van der Waals surface area (Å²) in [7, 11) is 0. The van der Waals surface area contributed by atoms with Crippen LogP contribution in [0.2, 0.25) is 0 Å². The van der Waals surface area contributed by atoms with Crippen molar-refractivity contribution in [1.29, 1.82) is 0 Å². The highest BCUT2D eigenvalue weighted by Gasteiger charge is 2.24. The second kappa shape index (κ2) is 8.33. The molecule has 3 rings (SSSR count). The SMILES string of the molecule is CCNC(=O)c1ccc(N2CCN(C(=O)c3ccc(F)c(F)c3)CC2)c(F)c1. The summed E-state index contributed by atoms with van der Waals surface area (Å²) in [6.07, 6.45) is 0. The van der Waals surface area contributed by atoms with Crippen molar-refractivity contribution in [2.75, 3.05) is 37.6 Å². The first-order chi connectivity index (χ1) is 13.4. The standard InChI is InChI=1S/C20H20F3N3O2/c1-2-24-19(27)13-4-6-18(17(23)11-13)25-7-9-26(10-8-25)20(28)14-3-5-15(21)16(22)12-14/h3-6,11-12H,2,7-10H2,1H3,(H,24,27). The number of nitrogens with zero attached hydrogens (tertiary/aromatic N) is 2. The van der Waals surface area contributed by atoms with Crippen LogP contribution in [-0.2, 0) is 0 Å². The van der Waals surface area contributed by atoms with Crippen LogP contribution in [0.1, 0.15) is 27.6 Å². The minimum atomic E-state index is -1.07. The Bertz CT molecular complexity index is 896. The normalized spacial score (nSPS) is 14.1. The van der Waals surface area contributed by atoms with E-state index in [0.717, 1.165) is 12.1 Å². The van der Waals surface area contributed by atoms with Crippen molar-refractivity contribution in [1.82, 2.24) is 10.2 Å². The third-order valence-electron chi connectivity index (χ3n) is 4.62. The minimum Gasteiger partial charge on any atom is -0.366 e. The fourth-order valence-corrected chi connectivity index (χ4v) is 3.13. The number of nitrogens with one attached hydrogen (secondary N) is 1. The van der Waals surface area contributed by atoms with Crippen molar-refractivity contribution < 1.29 is 22.8 Å². The van der Waals surface area contributed by atoms with Gasteiger partial charge in [-0.05, 0) is 43.3 Å². The molecule has 2 aromatic rings. The van der Waals surface area contributed by atoms with Gasteiger partial charge in [-0.3, -0.25) is 9.59 Å². The molecule has 0 saturated carbocycles. The first kappa shape index (κ1) is 19.7. The molecule has 8 heteroatoms. The van der Waals surface area contributed by atoms with E-state index in [1.165, 1.54) is 17.0 Å². The zero-order valence-electron chi connectivity index (χ0n) is 15.3. The Labute approximate surface area is 160 Å². The lowest BCUT2D eigenvalue weighted by Crippen LogP contribution is -2.49. The van der Waals surface area contributed by atoms with Gasteiger partial charge in [0.05, 0.1) is 5.69 Å². The maximum atomic E-state index is 14.5. The summed E-state index contributed by atoms with van der Waals surface area (Å²) in [5.41, 5.74) is 0.674. The van der Waals surface area contributed by atoms with Crippen LogP contribution in [0.25, 0.3) is 0 Å². The lowest BCUT2D eigenvalue weighted by atomic mass is 10.1. The predicted octanol–water partition coefficient (Wildman–Crippen LogP) is 2.82. The fraction of sp³-hybridized carbons (Fsp3) is 0.300. The lowest BCUT2D eigenvalue weighted by Gasteiger charge is -2.36. The van der Waals surface area contributed by atoms with E-state index in [0.29, 0.717) is 38.4 Å². The summed E-state index contributed by atoms with van der Waals surface area (Å²) in [5.74, 6) is -3.32. The molecule has 0 radical (unpaired) electrons. The Hall–Kier alpha value is -3.03. The molecule has 0 bridgehead atoms. The molecule has 0 aliphatic carbocycles. The van der Waals surface area contributed by atoms with Crippen LogP contribution in [-0.4, -0.2) is 49.4 Å². The quantitative estimate of drug-likeness (QED) is 0.872. The van der Waals surface area contributed by atoms with Gasteiger partial charge in [0.1, 0.15) is 5.82 Å². The minimum absolute atomic E-state index is 0.0739.